The summed E-state index contributed by atoms with van der Waals surface area (Å²) < 4.78 is 7.20. The van der Waals surface area contributed by atoms with Gasteiger partial charge in [-0.3, -0.25) is 14.9 Å². The van der Waals surface area contributed by atoms with Gasteiger partial charge in [0.1, 0.15) is 5.69 Å². The molecule has 1 aromatic heterocycles. The van der Waals surface area contributed by atoms with Crippen LogP contribution in [-0.4, -0.2) is 35.2 Å². The number of nitro benzene ring substituents is 1. The van der Waals surface area contributed by atoms with Gasteiger partial charge in [0.05, 0.1) is 11.5 Å². The van der Waals surface area contributed by atoms with Crippen LogP contribution in [0.25, 0.3) is 10.9 Å². The van der Waals surface area contributed by atoms with Crippen molar-refractivity contribution in [2.45, 2.75) is 25.4 Å². The molecule has 29 heavy (non-hydrogen) atoms. The Bertz CT molecular complexity index is 1070. The molecule has 0 unspecified atom stereocenters. The Morgan fingerprint density at radius 2 is 2.07 bits per heavy atom. The first-order chi connectivity index (χ1) is 14.0. The molecular weight excluding hydrogens is 372 g/mol. The largest absolute Gasteiger partial charge is 0.383 e. The molecule has 1 saturated carbocycles. The monoisotopic (exact) mass is 394 g/mol. The van der Waals surface area contributed by atoms with Gasteiger partial charge in [0.2, 0.25) is 0 Å². The lowest BCUT2D eigenvalue weighted by Gasteiger charge is -2.09. The first-order valence-corrected chi connectivity index (χ1v) is 9.49. The van der Waals surface area contributed by atoms with Crippen LogP contribution in [0.2, 0.25) is 0 Å². The van der Waals surface area contributed by atoms with E-state index in [0.29, 0.717) is 18.0 Å². The van der Waals surface area contributed by atoms with E-state index in [1.54, 1.807) is 19.2 Å². The molecule has 0 saturated heterocycles. The summed E-state index contributed by atoms with van der Waals surface area (Å²) >= 11 is 0. The minimum Gasteiger partial charge on any atom is -0.383 e. The number of methoxy groups -OCH3 is 1. The summed E-state index contributed by atoms with van der Waals surface area (Å²) in [5, 5.41) is 18.4. The van der Waals surface area contributed by atoms with E-state index in [1.807, 2.05) is 30.5 Å². The van der Waals surface area contributed by atoms with Crippen molar-refractivity contribution >= 4 is 33.9 Å². The molecule has 0 aliphatic heterocycles. The molecule has 2 N–H and O–H groups in total. The highest BCUT2D eigenvalue weighted by Crippen LogP contribution is 2.32. The van der Waals surface area contributed by atoms with E-state index in [4.69, 9.17) is 4.74 Å². The number of carbonyl (C=O) groups excluding carboxylic acids is 1. The molecule has 4 rings (SSSR count). The predicted molar refractivity (Wildman–Crippen MR) is 112 cm³/mol. The zero-order chi connectivity index (χ0) is 20.4. The Labute approximate surface area is 167 Å². The Morgan fingerprint density at radius 1 is 1.24 bits per heavy atom. The molecule has 8 heteroatoms. The van der Waals surface area contributed by atoms with Crippen LogP contribution in [-0.2, 0) is 11.3 Å². The van der Waals surface area contributed by atoms with Crippen molar-refractivity contribution in [1.82, 2.24) is 4.57 Å². The molecular formula is C21H22N4O4. The minimum absolute atomic E-state index is 0.0878. The van der Waals surface area contributed by atoms with Crippen LogP contribution in [0.5, 0.6) is 0 Å². The van der Waals surface area contributed by atoms with Gasteiger partial charge in [-0.15, -0.1) is 0 Å². The van der Waals surface area contributed by atoms with E-state index in [0.717, 1.165) is 30.3 Å². The zero-order valence-corrected chi connectivity index (χ0v) is 16.1. The lowest BCUT2D eigenvalue weighted by atomic mass is 10.1. The third kappa shape index (κ3) is 4.22. The molecule has 0 spiro atoms. The van der Waals surface area contributed by atoms with Crippen molar-refractivity contribution in [3.63, 3.8) is 0 Å². The number of aromatic nitrogens is 1. The number of nitrogens with one attached hydrogen (secondary N) is 2. The molecule has 8 nitrogen and oxygen atoms in total. The van der Waals surface area contributed by atoms with Gasteiger partial charge in [-0.25, -0.2) is 0 Å². The second-order valence-electron chi connectivity index (χ2n) is 7.14. The van der Waals surface area contributed by atoms with Crippen LogP contribution in [0.15, 0.2) is 48.7 Å². The standard InChI is InChI=1S/C21H22N4O4/c1-29-11-10-24-9-8-14-12-17(5-7-19(14)24)23-21(26)15-2-6-18(22-16-3-4-16)20(13-15)25(27)28/h2,5-9,12-13,16,22H,3-4,10-11H2,1H3,(H,23,26). The summed E-state index contributed by atoms with van der Waals surface area (Å²) in [6.07, 6.45) is 3.99. The quantitative estimate of drug-likeness (QED) is 0.444. The average Bonchev–Trinajstić information content (AvgIpc) is 3.44. The molecule has 1 aliphatic carbocycles. The van der Waals surface area contributed by atoms with E-state index in [9.17, 15) is 14.9 Å². The minimum atomic E-state index is -0.462. The van der Waals surface area contributed by atoms with Crippen molar-refractivity contribution in [2.24, 2.45) is 0 Å². The summed E-state index contributed by atoms with van der Waals surface area (Å²) in [5.41, 5.74) is 2.29. The van der Waals surface area contributed by atoms with E-state index in [2.05, 4.69) is 15.2 Å². The molecule has 3 aromatic rings. The maximum absolute atomic E-state index is 12.6. The maximum atomic E-state index is 12.6. The maximum Gasteiger partial charge on any atom is 0.293 e. The van der Waals surface area contributed by atoms with Crippen LogP contribution in [0.3, 0.4) is 0 Å². The number of amides is 1. The number of carbonyl (C=O) groups is 1. The van der Waals surface area contributed by atoms with Crippen LogP contribution in [0.4, 0.5) is 17.1 Å². The molecule has 0 atom stereocenters. The number of ether oxygens (including phenoxy) is 1. The second kappa shape index (κ2) is 7.92. The van der Waals surface area contributed by atoms with E-state index in [-0.39, 0.29) is 23.2 Å². The molecule has 0 bridgehead atoms. The van der Waals surface area contributed by atoms with E-state index >= 15 is 0 Å². The molecule has 1 aliphatic rings. The van der Waals surface area contributed by atoms with Gasteiger partial charge in [-0.2, -0.15) is 0 Å². The zero-order valence-electron chi connectivity index (χ0n) is 16.1. The summed E-state index contributed by atoms with van der Waals surface area (Å²) in [6.45, 7) is 1.36. The van der Waals surface area contributed by atoms with Crippen molar-refractivity contribution in [3.8, 4) is 0 Å². The first kappa shape index (κ1) is 18.9. The predicted octanol–water partition coefficient (Wildman–Crippen LogP) is 4.02. The number of hydrogen-bond donors (Lipinski definition) is 2. The molecule has 1 amide bonds. The molecule has 0 radical (unpaired) electrons. The number of anilines is 2. The van der Waals surface area contributed by atoms with Gasteiger partial charge in [0, 0.05) is 54.1 Å². The number of hydrogen-bond acceptors (Lipinski definition) is 5. The second-order valence-corrected chi connectivity index (χ2v) is 7.14. The highest BCUT2D eigenvalue weighted by Gasteiger charge is 2.25. The topological polar surface area (TPSA) is 98.4 Å². The van der Waals surface area contributed by atoms with Gasteiger partial charge in [0.15, 0.2) is 0 Å². The van der Waals surface area contributed by atoms with Gasteiger partial charge in [0.25, 0.3) is 11.6 Å². The fourth-order valence-corrected chi connectivity index (χ4v) is 3.26. The first-order valence-electron chi connectivity index (χ1n) is 9.49. The average molecular weight is 394 g/mol. The summed E-state index contributed by atoms with van der Waals surface area (Å²) in [4.78, 5) is 23.6. The third-order valence-electron chi connectivity index (χ3n) is 4.96. The normalized spacial score (nSPS) is 13.4. The van der Waals surface area contributed by atoms with E-state index in [1.165, 1.54) is 6.07 Å². The molecule has 1 fully saturated rings. The third-order valence-corrected chi connectivity index (χ3v) is 4.96. The highest BCUT2D eigenvalue weighted by atomic mass is 16.6. The fourth-order valence-electron chi connectivity index (χ4n) is 3.26. The summed E-state index contributed by atoms with van der Waals surface area (Å²) in [6, 6.07) is 12.4. The van der Waals surface area contributed by atoms with Gasteiger partial charge < -0.3 is 19.9 Å². The summed E-state index contributed by atoms with van der Waals surface area (Å²) in [5.74, 6) is -0.385. The van der Waals surface area contributed by atoms with Crippen LogP contribution in [0, 0.1) is 10.1 Å². The fraction of sp³-hybridized carbons (Fsp3) is 0.286. The SMILES string of the molecule is COCCn1ccc2cc(NC(=O)c3ccc(NC4CC4)c([N+](=O)[O-])c3)ccc21. The van der Waals surface area contributed by atoms with Crippen LogP contribution >= 0.6 is 0 Å². The van der Waals surface area contributed by atoms with Crippen molar-refractivity contribution < 1.29 is 14.5 Å². The van der Waals surface area contributed by atoms with Crippen molar-refractivity contribution in [2.75, 3.05) is 24.4 Å². The molecule has 150 valence electrons. The lowest BCUT2D eigenvalue weighted by Crippen LogP contribution is -2.13. The smallest absolute Gasteiger partial charge is 0.293 e. The summed E-state index contributed by atoms with van der Waals surface area (Å²) in [7, 11) is 1.66. The lowest BCUT2D eigenvalue weighted by molar-refractivity contribution is -0.384. The Kier molecular flexibility index (Phi) is 5.18. The highest BCUT2D eigenvalue weighted by molar-refractivity contribution is 6.06. The van der Waals surface area contributed by atoms with Gasteiger partial charge in [-0.05, 0) is 49.2 Å². The Morgan fingerprint density at radius 3 is 2.79 bits per heavy atom. The van der Waals surface area contributed by atoms with Crippen molar-refractivity contribution in [1.29, 1.82) is 0 Å². The molecule has 1 heterocycles. The number of nitro groups is 1. The van der Waals surface area contributed by atoms with Crippen LogP contribution < -0.4 is 10.6 Å². The van der Waals surface area contributed by atoms with E-state index < -0.39 is 4.92 Å². The molecule has 2 aromatic carbocycles. The van der Waals surface area contributed by atoms with Crippen molar-refractivity contribution in [3.05, 3.63) is 64.3 Å². The number of rotatable bonds is 8. The Hall–Kier alpha value is -3.39. The van der Waals surface area contributed by atoms with Gasteiger partial charge >= 0.3 is 0 Å². The van der Waals surface area contributed by atoms with Crippen LogP contribution in [0.1, 0.15) is 23.2 Å². The Balaban J connectivity index is 1.52. The number of fused-ring (bicyclic) bond motifs is 1. The number of benzene rings is 2. The number of nitrogens with zero attached hydrogens (tertiary/aromatic N) is 2. The van der Waals surface area contributed by atoms with Gasteiger partial charge in [-0.1, -0.05) is 0 Å².